The van der Waals surface area contributed by atoms with Gasteiger partial charge in [0.1, 0.15) is 17.1 Å². The monoisotopic (exact) mass is 653 g/mol. The molecule has 5 aliphatic carbocycles. The number of hydrogen-bond acceptors (Lipinski definition) is 5. The molecule has 1 saturated heterocycles. The lowest BCUT2D eigenvalue weighted by Gasteiger charge is -2.72. The van der Waals surface area contributed by atoms with Gasteiger partial charge in [0.15, 0.2) is 0 Å². The molecule has 6 rings (SSSR count). The van der Waals surface area contributed by atoms with Crippen LogP contribution in [-0.2, 0) is 19.1 Å². The molecule has 5 nitrogen and oxygen atoms in total. The number of aliphatic hydroxyl groups is 1. The van der Waals surface area contributed by atoms with E-state index >= 15 is 0 Å². The number of unbranched alkanes of at least 4 members (excludes halogenated alkanes) is 8. The third-order valence-electron chi connectivity index (χ3n) is 16.6. The summed E-state index contributed by atoms with van der Waals surface area (Å²) in [7, 11) is 0. The minimum atomic E-state index is -0.751. The molecule has 6 aliphatic rings. The van der Waals surface area contributed by atoms with Gasteiger partial charge < -0.3 is 14.6 Å². The van der Waals surface area contributed by atoms with Crippen LogP contribution in [0.15, 0.2) is 12.2 Å². The van der Waals surface area contributed by atoms with E-state index in [2.05, 4.69) is 48.1 Å². The van der Waals surface area contributed by atoms with Crippen molar-refractivity contribution in [2.75, 3.05) is 0 Å². The van der Waals surface area contributed by atoms with Crippen LogP contribution in [0.2, 0.25) is 0 Å². The maximum Gasteiger partial charge on any atom is 0.317 e. The molecule has 0 radical (unpaired) electrons. The second-order valence-corrected chi connectivity index (χ2v) is 18.9. The second kappa shape index (κ2) is 12.4. The van der Waals surface area contributed by atoms with Gasteiger partial charge in [-0.1, -0.05) is 99.5 Å². The molecule has 47 heavy (non-hydrogen) atoms. The Morgan fingerprint density at radius 2 is 1.51 bits per heavy atom. The Labute approximate surface area is 286 Å². The molecule has 5 saturated carbocycles. The molecule has 2 bridgehead atoms. The van der Waals surface area contributed by atoms with E-state index in [0.29, 0.717) is 30.6 Å². The molecule has 0 spiro atoms. The first-order chi connectivity index (χ1) is 22.1. The van der Waals surface area contributed by atoms with Crippen LogP contribution in [0.25, 0.3) is 0 Å². The zero-order valence-electron chi connectivity index (χ0n) is 31.2. The van der Waals surface area contributed by atoms with E-state index in [4.69, 9.17) is 9.47 Å². The molecule has 0 aromatic heterocycles. The van der Waals surface area contributed by atoms with Crippen LogP contribution in [0.1, 0.15) is 170 Å². The average molecular weight is 653 g/mol. The zero-order valence-corrected chi connectivity index (χ0v) is 31.2. The lowest BCUT2D eigenvalue weighted by atomic mass is 9.32. The van der Waals surface area contributed by atoms with E-state index in [-0.39, 0.29) is 45.6 Å². The SMILES string of the molecule is C=C(C)[C@]12C[C@@H](OC(=O)CCCCCCCCCCC)[C@@]3(CC[C@]4(C)[C@@H](CC[C@@H]5[C@]6(C)CC[C@@H](O)C(C)(C)[C@@H]6CC[C@]54C)[C@H]31)C(=O)O2. The number of carbonyl (C=O) groups is 2. The van der Waals surface area contributed by atoms with E-state index < -0.39 is 17.1 Å². The van der Waals surface area contributed by atoms with Crippen LogP contribution < -0.4 is 0 Å². The highest BCUT2D eigenvalue weighted by atomic mass is 16.6. The zero-order chi connectivity index (χ0) is 34.0. The first-order valence-electron chi connectivity index (χ1n) is 19.9. The van der Waals surface area contributed by atoms with Crippen molar-refractivity contribution in [3.63, 3.8) is 0 Å². The molecule has 0 aromatic rings. The predicted octanol–water partition coefficient (Wildman–Crippen LogP) is 10.1. The fourth-order valence-electron chi connectivity index (χ4n) is 13.8. The van der Waals surface area contributed by atoms with Crippen LogP contribution in [-0.4, -0.2) is 34.9 Å². The lowest BCUT2D eigenvalue weighted by Crippen LogP contribution is -2.67. The van der Waals surface area contributed by atoms with E-state index in [0.717, 1.165) is 63.4 Å². The van der Waals surface area contributed by atoms with Crippen LogP contribution in [0, 0.1) is 50.7 Å². The Bertz CT molecular complexity index is 1220. The van der Waals surface area contributed by atoms with E-state index in [1.807, 2.05) is 6.92 Å². The summed E-state index contributed by atoms with van der Waals surface area (Å²) in [5.41, 5.74) is -0.230. The summed E-state index contributed by atoms with van der Waals surface area (Å²) in [6, 6.07) is 0. The van der Waals surface area contributed by atoms with Gasteiger partial charge in [0.05, 0.1) is 6.10 Å². The fourth-order valence-corrected chi connectivity index (χ4v) is 13.8. The van der Waals surface area contributed by atoms with E-state index in [1.165, 1.54) is 51.4 Å². The van der Waals surface area contributed by atoms with Gasteiger partial charge in [0, 0.05) is 18.8 Å². The Kier molecular flexibility index (Phi) is 9.39. The number of rotatable bonds is 12. The standard InChI is InChI=1S/C42H68O5/c1-9-10-11-12-13-14-15-16-17-18-34(44)46-33-27-42(28(2)3)35-29-19-20-31-38(6)23-22-32(43)37(4,5)30(38)21-24-40(31,8)39(29,7)25-26-41(33,35)36(45)47-42/h29-33,35,43H,2,9-27H2,1,3-8H3/t29-,30-,31+,32+,33+,35+,38+,39+,40+,41+,42+/m0/s1. The maximum absolute atomic E-state index is 14.1. The highest BCUT2D eigenvalue weighted by Gasteiger charge is 2.82. The van der Waals surface area contributed by atoms with Crippen LogP contribution in [0.5, 0.6) is 0 Å². The molecule has 1 aliphatic heterocycles. The Morgan fingerprint density at radius 1 is 0.851 bits per heavy atom. The summed E-state index contributed by atoms with van der Waals surface area (Å²) < 4.78 is 12.9. The summed E-state index contributed by atoms with van der Waals surface area (Å²) >= 11 is 0. The van der Waals surface area contributed by atoms with Crippen molar-refractivity contribution in [2.45, 2.75) is 188 Å². The molecule has 266 valence electrons. The summed E-state index contributed by atoms with van der Waals surface area (Å²) in [4.78, 5) is 27.5. The van der Waals surface area contributed by atoms with E-state index in [1.54, 1.807) is 0 Å². The average Bonchev–Trinajstić information content (AvgIpc) is 3.44. The molecular weight excluding hydrogens is 584 g/mol. The van der Waals surface area contributed by atoms with Crippen LogP contribution in [0.4, 0.5) is 0 Å². The van der Waals surface area contributed by atoms with Gasteiger partial charge in [-0.25, -0.2) is 0 Å². The maximum atomic E-state index is 14.1. The van der Waals surface area contributed by atoms with Crippen molar-refractivity contribution in [3.8, 4) is 0 Å². The largest absolute Gasteiger partial charge is 0.461 e. The number of esters is 2. The molecule has 11 atom stereocenters. The minimum absolute atomic E-state index is 0.0113. The molecule has 1 N–H and O–H groups in total. The number of carbonyl (C=O) groups excluding carboxylic acids is 2. The summed E-state index contributed by atoms with van der Waals surface area (Å²) in [5, 5.41) is 11.1. The third-order valence-corrected chi connectivity index (χ3v) is 16.6. The Morgan fingerprint density at radius 3 is 2.17 bits per heavy atom. The van der Waals surface area contributed by atoms with Crippen molar-refractivity contribution >= 4 is 11.9 Å². The normalized spacial score (nSPS) is 46.1. The topological polar surface area (TPSA) is 72.8 Å². The van der Waals surface area contributed by atoms with Gasteiger partial charge in [-0.2, -0.15) is 0 Å². The third kappa shape index (κ3) is 5.06. The Hall–Kier alpha value is -1.36. The predicted molar refractivity (Wildman–Crippen MR) is 187 cm³/mol. The van der Waals surface area contributed by atoms with Crippen molar-refractivity contribution < 1.29 is 24.2 Å². The lowest BCUT2D eigenvalue weighted by molar-refractivity contribution is -0.247. The molecular formula is C42H68O5. The summed E-state index contributed by atoms with van der Waals surface area (Å²) in [5.74, 6) is 1.18. The van der Waals surface area contributed by atoms with Crippen LogP contribution >= 0.6 is 0 Å². The number of fused-ring (bicyclic) bond motifs is 5. The van der Waals surface area contributed by atoms with Gasteiger partial charge in [-0.3, -0.25) is 9.59 Å². The smallest absolute Gasteiger partial charge is 0.317 e. The first kappa shape index (κ1) is 35.5. The summed E-state index contributed by atoms with van der Waals surface area (Å²) in [6.45, 7) is 21.1. The first-order valence-corrected chi connectivity index (χ1v) is 19.9. The van der Waals surface area contributed by atoms with Gasteiger partial charge in [0.2, 0.25) is 0 Å². The van der Waals surface area contributed by atoms with Crippen molar-refractivity contribution in [1.82, 2.24) is 0 Å². The second-order valence-electron chi connectivity index (χ2n) is 18.9. The summed E-state index contributed by atoms with van der Waals surface area (Å²) in [6.07, 6.45) is 19.6. The highest BCUT2D eigenvalue weighted by Crippen LogP contribution is 2.80. The highest BCUT2D eigenvalue weighted by molar-refractivity contribution is 5.85. The van der Waals surface area contributed by atoms with Crippen LogP contribution in [0.3, 0.4) is 0 Å². The van der Waals surface area contributed by atoms with Gasteiger partial charge in [-0.05, 0) is 110 Å². The minimum Gasteiger partial charge on any atom is -0.461 e. The number of aliphatic hydroxyl groups excluding tert-OH is 1. The quantitative estimate of drug-likeness (QED) is 0.129. The van der Waals surface area contributed by atoms with Gasteiger partial charge >= 0.3 is 11.9 Å². The molecule has 5 heteroatoms. The van der Waals surface area contributed by atoms with Crippen molar-refractivity contribution in [3.05, 3.63) is 12.2 Å². The molecule has 0 aromatic carbocycles. The Balaban J connectivity index is 1.19. The molecule has 6 fully saturated rings. The van der Waals surface area contributed by atoms with Gasteiger partial charge in [0.25, 0.3) is 0 Å². The molecule has 0 amide bonds. The van der Waals surface area contributed by atoms with Crippen molar-refractivity contribution in [2.24, 2.45) is 50.7 Å². The van der Waals surface area contributed by atoms with Crippen molar-refractivity contribution in [1.29, 1.82) is 0 Å². The number of ether oxygens (including phenoxy) is 2. The van der Waals surface area contributed by atoms with E-state index in [9.17, 15) is 14.7 Å². The fraction of sp³-hybridized carbons (Fsp3) is 0.905. The molecule has 1 heterocycles. The molecule has 0 unspecified atom stereocenters. The van der Waals surface area contributed by atoms with Gasteiger partial charge in [-0.15, -0.1) is 0 Å². The number of hydrogen-bond donors (Lipinski definition) is 1.